The van der Waals surface area contributed by atoms with Crippen molar-refractivity contribution >= 4 is 21.4 Å². The van der Waals surface area contributed by atoms with E-state index < -0.39 is 10.0 Å². The Kier molecular flexibility index (Phi) is 6.25. The minimum atomic E-state index is -3.53. The topological polar surface area (TPSA) is 65.5 Å². The molecule has 28 heavy (non-hydrogen) atoms. The molecular weight excluding hydrogens is 372 g/mol. The van der Waals surface area contributed by atoms with E-state index in [-0.39, 0.29) is 4.90 Å². The van der Waals surface area contributed by atoms with E-state index in [4.69, 9.17) is 0 Å². The van der Waals surface area contributed by atoms with Crippen LogP contribution >= 0.6 is 0 Å². The highest BCUT2D eigenvalue weighted by Crippen LogP contribution is 2.36. The number of rotatable bonds is 6. The van der Waals surface area contributed by atoms with E-state index in [9.17, 15) is 8.42 Å². The van der Waals surface area contributed by atoms with Gasteiger partial charge < -0.3 is 9.80 Å². The van der Waals surface area contributed by atoms with Crippen LogP contribution in [0.15, 0.2) is 41.4 Å². The standard InChI is InChI=1S/C21H30N4O2S/c1-22-28(26,27)18-10-11-21(25(4)16-8-6-5-7-9-16)19(15-18)20-14-17(24(2)3)12-13-23-20/h10-16,22H,5-9H2,1-4H3. The fraction of sp³-hybridized carbons (Fsp3) is 0.476. The minimum Gasteiger partial charge on any atom is -0.378 e. The number of aromatic nitrogens is 1. The fourth-order valence-electron chi connectivity index (χ4n) is 3.82. The van der Waals surface area contributed by atoms with Crippen LogP contribution in [0.5, 0.6) is 0 Å². The summed E-state index contributed by atoms with van der Waals surface area (Å²) in [5.41, 5.74) is 3.66. The van der Waals surface area contributed by atoms with E-state index in [1.165, 1.54) is 26.3 Å². The summed E-state index contributed by atoms with van der Waals surface area (Å²) < 4.78 is 27.2. The first-order valence-electron chi connectivity index (χ1n) is 9.77. The molecule has 1 aromatic heterocycles. The maximum Gasteiger partial charge on any atom is 0.240 e. The first kappa shape index (κ1) is 20.6. The highest BCUT2D eigenvalue weighted by atomic mass is 32.2. The molecule has 1 fully saturated rings. The van der Waals surface area contributed by atoms with Crippen LogP contribution in [0.4, 0.5) is 11.4 Å². The maximum atomic E-state index is 12.4. The molecule has 0 aliphatic heterocycles. The van der Waals surface area contributed by atoms with Crippen molar-refractivity contribution in [3.8, 4) is 11.3 Å². The Bertz CT molecular complexity index is 922. The van der Waals surface area contributed by atoms with Gasteiger partial charge >= 0.3 is 0 Å². The lowest BCUT2D eigenvalue weighted by molar-refractivity contribution is 0.428. The highest BCUT2D eigenvalue weighted by Gasteiger charge is 2.23. The summed E-state index contributed by atoms with van der Waals surface area (Å²) in [6.07, 6.45) is 7.88. The zero-order valence-corrected chi connectivity index (χ0v) is 18.0. The molecule has 1 aromatic carbocycles. The van der Waals surface area contributed by atoms with E-state index in [1.54, 1.807) is 18.3 Å². The third-order valence-electron chi connectivity index (χ3n) is 5.59. The third kappa shape index (κ3) is 4.31. The van der Waals surface area contributed by atoms with Crippen molar-refractivity contribution in [3.63, 3.8) is 0 Å². The lowest BCUT2D eigenvalue weighted by atomic mass is 9.93. The van der Waals surface area contributed by atoms with Gasteiger partial charge in [0.1, 0.15) is 0 Å². The summed E-state index contributed by atoms with van der Waals surface area (Å²) in [6, 6.07) is 9.75. The molecule has 1 N–H and O–H groups in total. The average molecular weight is 403 g/mol. The van der Waals surface area contributed by atoms with Gasteiger partial charge in [-0.3, -0.25) is 4.98 Å². The molecule has 0 atom stereocenters. The first-order chi connectivity index (χ1) is 13.3. The second-order valence-corrected chi connectivity index (χ2v) is 9.47. The van der Waals surface area contributed by atoms with Gasteiger partial charge in [-0.1, -0.05) is 19.3 Å². The number of anilines is 2. The SMILES string of the molecule is CNS(=O)(=O)c1ccc(N(C)C2CCCCC2)c(-c2cc(N(C)C)ccn2)c1. The molecular formula is C21H30N4O2S. The predicted molar refractivity (Wildman–Crippen MR) is 116 cm³/mol. The van der Waals surface area contributed by atoms with Gasteiger partial charge in [0.05, 0.1) is 10.6 Å². The number of nitrogens with one attached hydrogen (secondary N) is 1. The van der Waals surface area contributed by atoms with E-state index >= 15 is 0 Å². The lowest BCUT2D eigenvalue weighted by Gasteiger charge is -2.34. The van der Waals surface area contributed by atoms with Crippen molar-refractivity contribution in [1.82, 2.24) is 9.71 Å². The third-order valence-corrected chi connectivity index (χ3v) is 7.00. The molecule has 0 bridgehead atoms. The second kappa shape index (κ2) is 8.49. The molecule has 0 spiro atoms. The van der Waals surface area contributed by atoms with Gasteiger partial charge in [0.25, 0.3) is 0 Å². The summed E-state index contributed by atoms with van der Waals surface area (Å²) in [5, 5.41) is 0. The molecule has 6 nitrogen and oxygen atoms in total. The summed E-state index contributed by atoms with van der Waals surface area (Å²) in [4.78, 5) is 9.13. The van der Waals surface area contributed by atoms with Crippen LogP contribution in [0.2, 0.25) is 0 Å². The molecule has 1 aliphatic rings. The van der Waals surface area contributed by atoms with E-state index in [0.717, 1.165) is 35.5 Å². The van der Waals surface area contributed by atoms with Crippen LogP contribution in [-0.4, -0.2) is 47.6 Å². The Labute approximate surface area is 168 Å². The molecule has 1 saturated carbocycles. The largest absolute Gasteiger partial charge is 0.378 e. The Morgan fingerprint density at radius 1 is 1.04 bits per heavy atom. The van der Waals surface area contributed by atoms with Gasteiger partial charge in [-0.2, -0.15) is 0 Å². The van der Waals surface area contributed by atoms with Crippen LogP contribution in [0.25, 0.3) is 11.3 Å². The molecule has 1 heterocycles. The Morgan fingerprint density at radius 2 is 1.75 bits per heavy atom. The molecule has 2 aromatic rings. The molecule has 0 unspecified atom stereocenters. The molecule has 0 amide bonds. The van der Waals surface area contributed by atoms with E-state index in [0.29, 0.717) is 6.04 Å². The van der Waals surface area contributed by atoms with Crippen molar-refractivity contribution in [3.05, 3.63) is 36.5 Å². The van der Waals surface area contributed by atoms with Crippen LogP contribution in [0.3, 0.4) is 0 Å². The Balaban J connectivity index is 2.12. The molecule has 152 valence electrons. The smallest absolute Gasteiger partial charge is 0.240 e. The van der Waals surface area contributed by atoms with Crippen molar-refractivity contribution in [2.24, 2.45) is 0 Å². The Morgan fingerprint density at radius 3 is 2.39 bits per heavy atom. The van der Waals surface area contributed by atoms with Gasteiger partial charge in [-0.25, -0.2) is 13.1 Å². The van der Waals surface area contributed by atoms with Crippen molar-refractivity contribution in [2.75, 3.05) is 38.0 Å². The van der Waals surface area contributed by atoms with Crippen molar-refractivity contribution in [1.29, 1.82) is 0 Å². The summed E-state index contributed by atoms with van der Waals surface area (Å²) >= 11 is 0. The van der Waals surface area contributed by atoms with Crippen LogP contribution < -0.4 is 14.5 Å². The molecule has 7 heteroatoms. The number of pyridine rings is 1. The van der Waals surface area contributed by atoms with E-state index in [2.05, 4.69) is 21.7 Å². The van der Waals surface area contributed by atoms with Gasteiger partial charge in [0.15, 0.2) is 0 Å². The highest BCUT2D eigenvalue weighted by molar-refractivity contribution is 7.89. The number of sulfonamides is 1. The normalized spacial score (nSPS) is 15.4. The molecule has 3 rings (SSSR count). The van der Waals surface area contributed by atoms with E-state index in [1.807, 2.05) is 37.2 Å². The minimum absolute atomic E-state index is 0.253. The van der Waals surface area contributed by atoms with Crippen LogP contribution in [-0.2, 0) is 10.0 Å². The number of benzene rings is 1. The zero-order chi connectivity index (χ0) is 20.3. The monoisotopic (exact) mass is 402 g/mol. The van der Waals surface area contributed by atoms with Crippen LogP contribution in [0, 0.1) is 0 Å². The van der Waals surface area contributed by atoms with Gasteiger partial charge in [0, 0.05) is 50.3 Å². The van der Waals surface area contributed by atoms with Crippen molar-refractivity contribution in [2.45, 2.75) is 43.0 Å². The van der Waals surface area contributed by atoms with Crippen molar-refractivity contribution < 1.29 is 8.42 Å². The lowest BCUT2D eigenvalue weighted by Crippen LogP contribution is -2.33. The molecule has 0 radical (unpaired) electrons. The zero-order valence-electron chi connectivity index (χ0n) is 17.1. The molecule has 0 saturated heterocycles. The van der Waals surface area contributed by atoms with Gasteiger partial charge in [-0.15, -0.1) is 0 Å². The second-order valence-electron chi connectivity index (χ2n) is 7.58. The number of nitrogens with zero attached hydrogens (tertiary/aromatic N) is 3. The maximum absolute atomic E-state index is 12.4. The summed E-state index contributed by atoms with van der Waals surface area (Å²) in [5.74, 6) is 0. The fourth-order valence-corrected chi connectivity index (χ4v) is 4.58. The molecule has 1 aliphatic carbocycles. The quantitative estimate of drug-likeness (QED) is 0.801. The summed E-state index contributed by atoms with van der Waals surface area (Å²) in [7, 11) is 3.98. The number of hydrogen-bond acceptors (Lipinski definition) is 5. The van der Waals surface area contributed by atoms with Crippen LogP contribution in [0.1, 0.15) is 32.1 Å². The Hall–Kier alpha value is -2.12. The predicted octanol–water partition coefficient (Wildman–Crippen LogP) is 3.49. The summed E-state index contributed by atoms with van der Waals surface area (Å²) in [6.45, 7) is 0. The van der Waals surface area contributed by atoms with Gasteiger partial charge in [-0.05, 0) is 50.2 Å². The van der Waals surface area contributed by atoms with Gasteiger partial charge in [0.2, 0.25) is 10.0 Å². The first-order valence-corrected chi connectivity index (χ1v) is 11.3. The number of hydrogen-bond donors (Lipinski definition) is 1. The average Bonchev–Trinajstić information content (AvgIpc) is 2.73.